The average Bonchev–Trinajstić information content (AvgIpc) is 2.40. The van der Waals surface area contributed by atoms with Crippen molar-refractivity contribution in [3.8, 4) is 0 Å². The number of anilines is 2. The van der Waals surface area contributed by atoms with E-state index in [2.05, 4.69) is 4.98 Å². The Morgan fingerprint density at radius 3 is 2.47 bits per heavy atom. The quantitative estimate of drug-likeness (QED) is 0.925. The molecule has 0 saturated heterocycles. The van der Waals surface area contributed by atoms with Gasteiger partial charge >= 0.3 is 0 Å². The molecule has 0 aliphatic carbocycles. The van der Waals surface area contributed by atoms with Crippen molar-refractivity contribution in [2.45, 2.75) is 11.8 Å². The number of para-hydroxylation sites is 1. The smallest absolute Gasteiger partial charge is 0.267 e. The Hall–Kier alpha value is -2.08. The highest BCUT2D eigenvalue weighted by molar-refractivity contribution is 7.93. The summed E-state index contributed by atoms with van der Waals surface area (Å²) in [7, 11) is -3.69. The van der Waals surface area contributed by atoms with Crippen molar-refractivity contribution in [3.63, 3.8) is 0 Å². The van der Waals surface area contributed by atoms with Crippen LogP contribution in [-0.2, 0) is 10.0 Å². The van der Waals surface area contributed by atoms with Crippen LogP contribution in [0, 0.1) is 0 Å². The summed E-state index contributed by atoms with van der Waals surface area (Å²) in [6.07, 6.45) is 2.74. The predicted molar refractivity (Wildman–Crippen MR) is 75.3 cm³/mol. The minimum Gasteiger partial charge on any atom is -0.398 e. The van der Waals surface area contributed by atoms with Crippen molar-refractivity contribution in [3.05, 3.63) is 48.8 Å². The van der Waals surface area contributed by atoms with Crippen LogP contribution in [0.15, 0.2) is 53.7 Å². The standard InChI is InChI=1S/C13H15N3O2S/c1-2-16(11-6-4-3-5-7-11)19(17,18)13-10-15-9-8-12(13)14/h3-10H,2H2,1H3,(H2,14,15). The van der Waals surface area contributed by atoms with Gasteiger partial charge in [0.1, 0.15) is 4.90 Å². The number of hydrogen-bond donors (Lipinski definition) is 1. The number of nitrogen functional groups attached to an aromatic ring is 1. The van der Waals surface area contributed by atoms with Gasteiger partial charge in [-0.1, -0.05) is 18.2 Å². The van der Waals surface area contributed by atoms with Crippen molar-refractivity contribution in [1.82, 2.24) is 4.98 Å². The third-order valence-electron chi connectivity index (χ3n) is 2.72. The van der Waals surface area contributed by atoms with E-state index in [9.17, 15) is 8.42 Å². The first-order chi connectivity index (χ1) is 9.07. The van der Waals surface area contributed by atoms with Gasteiger partial charge in [0.2, 0.25) is 0 Å². The lowest BCUT2D eigenvalue weighted by Crippen LogP contribution is -2.31. The summed E-state index contributed by atoms with van der Waals surface area (Å²) >= 11 is 0. The Balaban J connectivity index is 2.52. The third kappa shape index (κ3) is 2.53. The van der Waals surface area contributed by atoms with Crippen molar-refractivity contribution in [2.24, 2.45) is 0 Å². The molecule has 6 heteroatoms. The van der Waals surface area contributed by atoms with Crippen molar-refractivity contribution in [2.75, 3.05) is 16.6 Å². The SMILES string of the molecule is CCN(c1ccccc1)S(=O)(=O)c1cnccc1N. The Morgan fingerprint density at radius 1 is 1.21 bits per heavy atom. The van der Waals surface area contributed by atoms with Crippen LogP contribution in [-0.4, -0.2) is 19.9 Å². The van der Waals surface area contributed by atoms with E-state index in [1.54, 1.807) is 31.2 Å². The molecule has 0 radical (unpaired) electrons. The van der Waals surface area contributed by atoms with E-state index < -0.39 is 10.0 Å². The highest BCUT2D eigenvalue weighted by atomic mass is 32.2. The molecule has 0 atom stereocenters. The highest BCUT2D eigenvalue weighted by Gasteiger charge is 2.25. The molecule has 1 aromatic heterocycles. The van der Waals surface area contributed by atoms with Crippen LogP contribution in [0.3, 0.4) is 0 Å². The number of pyridine rings is 1. The molecule has 2 aromatic rings. The molecular weight excluding hydrogens is 262 g/mol. The van der Waals surface area contributed by atoms with E-state index in [1.165, 1.54) is 22.8 Å². The fraction of sp³-hybridized carbons (Fsp3) is 0.154. The predicted octanol–water partition coefficient (Wildman–Crippen LogP) is 1.88. The molecule has 1 heterocycles. The van der Waals surface area contributed by atoms with Gasteiger partial charge in [-0.15, -0.1) is 0 Å². The van der Waals surface area contributed by atoms with E-state index in [1.807, 2.05) is 6.07 Å². The molecule has 100 valence electrons. The molecular formula is C13H15N3O2S. The summed E-state index contributed by atoms with van der Waals surface area (Å²) in [4.78, 5) is 3.86. The van der Waals surface area contributed by atoms with Gasteiger partial charge in [0.25, 0.3) is 10.0 Å². The molecule has 0 fully saturated rings. The zero-order valence-electron chi connectivity index (χ0n) is 10.5. The van der Waals surface area contributed by atoms with Crippen molar-refractivity contribution >= 4 is 21.4 Å². The van der Waals surface area contributed by atoms with Crippen molar-refractivity contribution in [1.29, 1.82) is 0 Å². The van der Waals surface area contributed by atoms with Crippen LogP contribution in [0.2, 0.25) is 0 Å². The minimum absolute atomic E-state index is 0.0284. The van der Waals surface area contributed by atoms with Crippen LogP contribution in [0.5, 0.6) is 0 Å². The Bertz CT molecular complexity index is 657. The highest BCUT2D eigenvalue weighted by Crippen LogP contribution is 2.25. The minimum atomic E-state index is -3.69. The lowest BCUT2D eigenvalue weighted by Gasteiger charge is -2.23. The van der Waals surface area contributed by atoms with Gasteiger partial charge in [-0.2, -0.15) is 0 Å². The number of rotatable bonds is 4. The van der Waals surface area contributed by atoms with E-state index in [0.29, 0.717) is 12.2 Å². The fourth-order valence-corrected chi connectivity index (χ4v) is 3.35. The van der Waals surface area contributed by atoms with Gasteiger partial charge < -0.3 is 5.73 Å². The summed E-state index contributed by atoms with van der Waals surface area (Å²) in [5, 5.41) is 0. The molecule has 0 amide bonds. The summed E-state index contributed by atoms with van der Waals surface area (Å²) in [6.45, 7) is 2.10. The molecule has 0 unspecified atom stereocenters. The zero-order valence-corrected chi connectivity index (χ0v) is 11.3. The number of aromatic nitrogens is 1. The van der Waals surface area contributed by atoms with Gasteiger partial charge in [0.15, 0.2) is 0 Å². The number of benzene rings is 1. The van der Waals surface area contributed by atoms with Gasteiger partial charge in [-0.05, 0) is 25.1 Å². The maximum absolute atomic E-state index is 12.6. The van der Waals surface area contributed by atoms with E-state index >= 15 is 0 Å². The molecule has 0 bridgehead atoms. The molecule has 0 spiro atoms. The van der Waals surface area contributed by atoms with Crippen LogP contribution >= 0.6 is 0 Å². The molecule has 0 aliphatic rings. The van der Waals surface area contributed by atoms with Gasteiger partial charge in [-0.25, -0.2) is 8.42 Å². The third-order valence-corrected chi connectivity index (χ3v) is 4.66. The number of nitrogens with two attached hydrogens (primary N) is 1. The number of nitrogens with zero attached hydrogens (tertiary/aromatic N) is 2. The summed E-state index contributed by atoms with van der Waals surface area (Å²) in [5.74, 6) is 0. The van der Waals surface area contributed by atoms with Crippen LogP contribution < -0.4 is 10.0 Å². The van der Waals surface area contributed by atoms with E-state index in [0.717, 1.165) is 0 Å². The maximum atomic E-state index is 12.6. The zero-order chi connectivity index (χ0) is 13.9. The van der Waals surface area contributed by atoms with Gasteiger partial charge in [-0.3, -0.25) is 9.29 Å². The molecule has 2 rings (SSSR count). The molecule has 0 aliphatic heterocycles. The second-order valence-electron chi connectivity index (χ2n) is 3.92. The normalized spacial score (nSPS) is 11.2. The van der Waals surface area contributed by atoms with Crippen LogP contribution in [0.25, 0.3) is 0 Å². The van der Waals surface area contributed by atoms with E-state index in [-0.39, 0.29) is 10.6 Å². The Labute approximate surface area is 112 Å². The molecule has 19 heavy (non-hydrogen) atoms. The number of sulfonamides is 1. The van der Waals surface area contributed by atoms with Crippen LogP contribution in [0.4, 0.5) is 11.4 Å². The summed E-state index contributed by atoms with van der Waals surface area (Å²) in [6, 6.07) is 10.4. The fourth-order valence-electron chi connectivity index (χ4n) is 1.81. The Kier molecular flexibility index (Phi) is 3.71. The number of hydrogen-bond acceptors (Lipinski definition) is 4. The summed E-state index contributed by atoms with van der Waals surface area (Å²) < 4.78 is 26.5. The van der Waals surface area contributed by atoms with E-state index in [4.69, 9.17) is 5.73 Å². The van der Waals surface area contributed by atoms with Gasteiger partial charge in [0, 0.05) is 18.9 Å². The lowest BCUT2D eigenvalue weighted by molar-refractivity contribution is 0.592. The lowest BCUT2D eigenvalue weighted by atomic mass is 10.3. The molecule has 5 nitrogen and oxygen atoms in total. The first kappa shape index (κ1) is 13.4. The second-order valence-corrected chi connectivity index (χ2v) is 5.75. The summed E-state index contributed by atoms with van der Waals surface area (Å²) in [5.41, 5.74) is 6.53. The topological polar surface area (TPSA) is 76.3 Å². The van der Waals surface area contributed by atoms with Crippen LogP contribution in [0.1, 0.15) is 6.92 Å². The van der Waals surface area contributed by atoms with Gasteiger partial charge in [0.05, 0.1) is 11.4 Å². The molecule has 1 aromatic carbocycles. The average molecular weight is 277 g/mol. The first-order valence-corrected chi connectivity index (χ1v) is 7.28. The monoisotopic (exact) mass is 277 g/mol. The van der Waals surface area contributed by atoms with Crippen molar-refractivity contribution < 1.29 is 8.42 Å². The maximum Gasteiger partial charge on any atom is 0.267 e. The molecule has 2 N–H and O–H groups in total. The first-order valence-electron chi connectivity index (χ1n) is 5.84. The largest absolute Gasteiger partial charge is 0.398 e. The molecule has 0 saturated carbocycles. The Morgan fingerprint density at radius 2 is 1.89 bits per heavy atom. The second kappa shape index (κ2) is 5.27.